The molecule has 0 radical (unpaired) electrons. The second-order valence-electron chi connectivity index (χ2n) is 5.73. The van der Waals surface area contributed by atoms with Gasteiger partial charge in [0, 0.05) is 6.42 Å². The molecule has 3 aromatic carbocycles. The molecule has 25 heavy (non-hydrogen) atoms. The van der Waals surface area contributed by atoms with E-state index in [0.717, 1.165) is 16.7 Å². The third kappa shape index (κ3) is 3.81. The first-order valence-electron chi connectivity index (χ1n) is 8.22. The lowest BCUT2D eigenvalue weighted by Crippen LogP contribution is -2.33. The van der Waals surface area contributed by atoms with Crippen molar-refractivity contribution in [2.75, 3.05) is 6.61 Å². The lowest BCUT2D eigenvalue weighted by molar-refractivity contribution is -0.113. The molecular formula is C22H19ClO2. The smallest absolute Gasteiger partial charge is 0.223 e. The summed E-state index contributed by atoms with van der Waals surface area (Å²) < 4.78 is 6.39. The molecular weight excluding hydrogens is 332 g/mol. The number of carbonyl (C=O) groups excluding carboxylic acids is 1. The Morgan fingerprint density at radius 1 is 0.720 bits per heavy atom. The predicted molar refractivity (Wildman–Crippen MR) is 101 cm³/mol. The minimum absolute atomic E-state index is 0.163. The molecule has 0 fully saturated rings. The van der Waals surface area contributed by atoms with E-state index in [0.29, 0.717) is 0 Å². The molecule has 0 spiro atoms. The summed E-state index contributed by atoms with van der Waals surface area (Å²) in [6, 6.07) is 30.2. The molecule has 3 heteroatoms. The van der Waals surface area contributed by atoms with Crippen molar-refractivity contribution >= 4 is 16.8 Å². The Bertz CT molecular complexity index is 705. The maximum Gasteiger partial charge on any atom is 0.223 e. The zero-order valence-corrected chi connectivity index (χ0v) is 14.5. The van der Waals surface area contributed by atoms with Gasteiger partial charge in [-0.2, -0.15) is 0 Å². The standard InChI is InChI=1S/C22H19ClO2/c23-21(24)16-17-25-22(18-10-4-1-5-11-18,19-12-6-2-7-13-19)20-14-8-3-9-15-20/h1-15H,16-17H2. The second-order valence-corrected chi connectivity index (χ2v) is 6.15. The van der Waals surface area contributed by atoms with E-state index in [4.69, 9.17) is 16.3 Å². The molecule has 3 rings (SSSR count). The van der Waals surface area contributed by atoms with Gasteiger partial charge in [0.25, 0.3) is 0 Å². The fraction of sp³-hybridized carbons (Fsp3) is 0.136. The van der Waals surface area contributed by atoms with Crippen LogP contribution in [0.3, 0.4) is 0 Å². The quantitative estimate of drug-likeness (QED) is 0.435. The molecule has 2 nitrogen and oxygen atoms in total. The highest BCUT2D eigenvalue weighted by Crippen LogP contribution is 2.40. The van der Waals surface area contributed by atoms with E-state index in [1.165, 1.54) is 0 Å². The van der Waals surface area contributed by atoms with Crippen molar-refractivity contribution in [2.24, 2.45) is 0 Å². The molecule has 0 aliphatic carbocycles. The largest absolute Gasteiger partial charge is 0.360 e. The van der Waals surface area contributed by atoms with E-state index in [2.05, 4.69) is 0 Å². The minimum Gasteiger partial charge on any atom is -0.360 e. The van der Waals surface area contributed by atoms with Gasteiger partial charge < -0.3 is 4.74 Å². The Morgan fingerprint density at radius 2 is 1.08 bits per heavy atom. The first-order valence-corrected chi connectivity index (χ1v) is 8.60. The van der Waals surface area contributed by atoms with Crippen LogP contribution in [0.1, 0.15) is 23.1 Å². The van der Waals surface area contributed by atoms with Crippen LogP contribution < -0.4 is 0 Å². The van der Waals surface area contributed by atoms with Crippen molar-refractivity contribution in [1.29, 1.82) is 0 Å². The van der Waals surface area contributed by atoms with Gasteiger partial charge in [-0.1, -0.05) is 91.0 Å². The highest BCUT2D eigenvalue weighted by Gasteiger charge is 2.37. The average Bonchev–Trinajstić information content (AvgIpc) is 2.67. The molecule has 0 saturated carbocycles. The zero-order valence-electron chi connectivity index (χ0n) is 13.8. The van der Waals surface area contributed by atoms with Crippen LogP contribution in [0.4, 0.5) is 0 Å². The Morgan fingerprint density at radius 3 is 1.40 bits per heavy atom. The molecule has 126 valence electrons. The van der Waals surface area contributed by atoms with Crippen LogP contribution in [0.15, 0.2) is 91.0 Å². The summed E-state index contributed by atoms with van der Waals surface area (Å²) in [4.78, 5) is 11.2. The van der Waals surface area contributed by atoms with Gasteiger partial charge >= 0.3 is 0 Å². The van der Waals surface area contributed by atoms with Gasteiger partial charge in [-0.05, 0) is 28.3 Å². The van der Waals surface area contributed by atoms with Crippen LogP contribution >= 0.6 is 11.6 Å². The molecule has 0 unspecified atom stereocenters. The first-order chi connectivity index (χ1) is 12.2. The summed E-state index contributed by atoms with van der Waals surface area (Å²) >= 11 is 5.53. The number of hydrogen-bond donors (Lipinski definition) is 0. The Kier molecular flexibility index (Phi) is 5.64. The molecule has 0 amide bonds. The molecule has 0 atom stereocenters. The van der Waals surface area contributed by atoms with Crippen molar-refractivity contribution in [1.82, 2.24) is 0 Å². The molecule has 0 N–H and O–H groups in total. The molecule has 3 aromatic rings. The van der Waals surface area contributed by atoms with E-state index in [-0.39, 0.29) is 13.0 Å². The Labute approximate surface area is 153 Å². The van der Waals surface area contributed by atoms with Crippen LogP contribution in [0.25, 0.3) is 0 Å². The van der Waals surface area contributed by atoms with Crippen molar-refractivity contribution in [3.05, 3.63) is 108 Å². The summed E-state index contributed by atoms with van der Waals surface area (Å²) in [5.74, 6) is 0. The number of carbonyl (C=O) groups is 1. The summed E-state index contributed by atoms with van der Waals surface area (Å²) in [6.07, 6.45) is 0.163. The predicted octanol–water partition coefficient (Wildman–Crippen LogP) is 5.15. The van der Waals surface area contributed by atoms with Crippen molar-refractivity contribution in [2.45, 2.75) is 12.0 Å². The van der Waals surface area contributed by atoms with Crippen LogP contribution in [-0.4, -0.2) is 11.8 Å². The summed E-state index contributed by atoms with van der Waals surface area (Å²) in [6.45, 7) is 0.237. The van der Waals surface area contributed by atoms with E-state index < -0.39 is 10.8 Å². The van der Waals surface area contributed by atoms with E-state index >= 15 is 0 Å². The van der Waals surface area contributed by atoms with Crippen molar-refractivity contribution in [3.63, 3.8) is 0 Å². The topological polar surface area (TPSA) is 26.3 Å². The third-order valence-electron chi connectivity index (χ3n) is 4.16. The Balaban J connectivity index is 2.18. The summed E-state index contributed by atoms with van der Waals surface area (Å²) in [7, 11) is 0. The number of hydrogen-bond acceptors (Lipinski definition) is 2. The van der Waals surface area contributed by atoms with Crippen molar-refractivity contribution < 1.29 is 9.53 Å². The maximum atomic E-state index is 11.2. The second kappa shape index (κ2) is 8.11. The highest BCUT2D eigenvalue weighted by molar-refractivity contribution is 6.63. The van der Waals surface area contributed by atoms with Crippen LogP contribution in [0.2, 0.25) is 0 Å². The average molecular weight is 351 g/mol. The first kappa shape index (κ1) is 17.4. The lowest BCUT2D eigenvalue weighted by atomic mass is 9.80. The minimum atomic E-state index is -0.796. The van der Waals surface area contributed by atoms with Gasteiger partial charge in [-0.25, -0.2) is 0 Å². The molecule has 0 aliphatic heterocycles. The van der Waals surface area contributed by atoms with Gasteiger partial charge in [0.2, 0.25) is 5.24 Å². The molecule has 0 aromatic heterocycles. The van der Waals surface area contributed by atoms with Gasteiger partial charge in [0.05, 0.1) is 6.61 Å². The number of ether oxygens (including phenoxy) is 1. The van der Waals surface area contributed by atoms with Gasteiger partial charge in [0.1, 0.15) is 5.60 Å². The lowest BCUT2D eigenvalue weighted by Gasteiger charge is -2.35. The Hall–Kier alpha value is -2.42. The third-order valence-corrected chi connectivity index (χ3v) is 4.35. The molecule has 0 heterocycles. The normalized spacial score (nSPS) is 11.2. The fourth-order valence-corrected chi connectivity index (χ4v) is 3.13. The van der Waals surface area contributed by atoms with Crippen LogP contribution in [-0.2, 0) is 15.1 Å². The van der Waals surface area contributed by atoms with E-state index in [9.17, 15) is 4.79 Å². The number of benzene rings is 3. The van der Waals surface area contributed by atoms with Crippen LogP contribution in [0.5, 0.6) is 0 Å². The van der Waals surface area contributed by atoms with Crippen molar-refractivity contribution in [3.8, 4) is 0 Å². The monoisotopic (exact) mass is 350 g/mol. The van der Waals surface area contributed by atoms with Gasteiger partial charge in [-0.15, -0.1) is 0 Å². The summed E-state index contributed by atoms with van der Waals surface area (Å²) in [5.41, 5.74) is 2.23. The van der Waals surface area contributed by atoms with Gasteiger partial charge in [-0.3, -0.25) is 4.79 Å². The molecule has 0 aliphatic rings. The van der Waals surface area contributed by atoms with E-state index in [1.807, 2.05) is 91.0 Å². The number of rotatable bonds is 7. The highest BCUT2D eigenvalue weighted by atomic mass is 35.5. The molecule has 0 saturated heterocycles. The maximum absolute atomic E-state index is 11.2. The number of halogens is 1. The fourth-order valence-electron chi connectivity index (χ4n) is 3.05. The molecule has 0 bridgehead atoms. The summed E-state index contributed by atoms with van der Waals surface area (Å²) in [5, 5.41) is -0.400. The van der Waals surface area contributed by atoms with Crippen LogP contribution in [0, 0.1) is 0 Å². The SMILES string of the molecule is O=C(Cl)CCOC(c1ccccc1)(c1ccccc1)c1ccccc1. The van der Waals surface area contributed by atoms with E-state index in [1.54, 1.807) is 0 Å². The zero-order chi connectivity index (χ0) is 17.5. The van der Waals surface area contributed by atoms with Gasteiger partial charge in [0.15, 0.2) is 0 Å².